The molecular weight excluding hydrogens is 404 g/mol. The SMILES string of the molecule is CCN(CCN(C)C)C(=O)c1ccc(-c2cnc(N)c(C(=O)Nc3ccncc3)c2)cc1. The Morgan fingerprint density at radius 1 is 1.00 bits per heavy atom. The second-order valence-corrected chi connectivity index (χ2v) is 7.61. The summed E-state index contributed by atoms with van der Waals surface area (Å²) < 4.78 is 0. The molecule has 8 heteroatoms. The van der Waals surface area contributed by atoms with Crippen molar-refractivity contribution in [1.29, 1.82) is 0 Å². The zero-order chi connectivity index (χ0) is 23.1. The van der Waals surface area contributed by atoms with Crippen LogP contribution in [0.5, 0.6) is 0 Å². The molecule has 32 heavy (non-hydrogen) atoms. The van der Waals surface area contributed by atoms with Crippen molar-refractivity contribution in [2.75, 3.05) is 44.8 Å². The lowest BCUT2D eigenvalue weighted by Gasteiger charge is -2.23. The zero-order valence-electron chi connectivity index (χ0n) is 18.6. The summed E-state index contributed by atoms with van der Waals surface area (Å²) in [6.45, 7) is 4.09. The third kappa shape index (κ3) is 5.67. The van der Waals surface area contributed by atoms with Gasteiger partial charge >= 0.3 is 0 Å². The van der Waals surface area contributed by atoms with Crippen LogP contribution in [0.4, 0.5) is 11.5 Å². The van der Waals surface area contributed by atoms with Gasteiger partial charge in [-0.2, -0.15) is 0 Å². The highest BCUT2D eigenvalue weighted by Crippen LogP contribution is 2.23. The number of carbonyl (C=O) groups is 2. The molecule has 0 saturated heterocycles. The Labute approximate surface area is 188 Å². The lowest BCUT2D eigenvalue weighted by Crippen LogP contribution is -2.36. The standard InChI is InChI=1S/C24H28N6O2/c1-4-30(14-13-29(2)3)24(32)18-7-5-17(6-8-18)19-15-21(22(25)27-16-19)23(31)28-20-9-11-26-12-10-20/h5-12,15-16H,4,13-14H2,1-3H3,(H2,25,27)(H,26,28,31). The Morgan fingerprint density at radius 3 is 2.31 bits per heavy atom. The highest BCUT2D eigenvalue weighted by Gasteiger charge is 2.16. The summed E-state index contributed by atoms with van der Waals surface area (Å²) in [6, 6.07) is 12.4. The number of nitrogen functional groups attached to an aromatic ring is 1. The van der Waals surface area contributed by atoms with Gasteiger partial charge in [-0.1, -0.05) is 12.1 Å². The number of nitrogens with zero attached hydrogens (tertiary/aromatic N) is 4. The van der Waals surface area contributed by atoms with Crippen molar-refractivity contribution in [2.45, 2.75) is 6.92 Å². The van der Waals surface area contributed by atoms with Crippen LogP contribution in [-0.4, -0.2) is 65.3 Å². The van der Waals surface area contributed by atoms with Gasteiger partial charge in [0.15, 0.2) is 0 Å². The monoisotopic (exact) mass is 432 g/mol. The molecule has 166 valence electrons. The number of pyridine rings is 2. The summed E-state index contributed by atoms with van der Waals surface area (Å²) in [5.41, 5.74) is 9.03. The predicted molar refractivity (Wildman–Crippen MR) is 126 cm³/mol. The largest absolute Gasteiger partial charge is 0.383 e. The molecule has 0 fully saturated rings. The first kappa shape index (κ1) is 22.9. The van der Waals surface area contributed by atoms with Crippen LogP contribution in [0.15, 0.2) is 61.1 Å². The van der Waals surface area contributed by atoms with Gasteiger partial charge < -0.3 is 20.9 Å². The Bertz CT molecular complexity index is 1070. The fourth-order valence-electron chi connectivity index (χ4n) is 3.16. The molecule has 0 aliphatic heterocycles. The van der Waals surface area contributed by atoms with E-state index in [0.717, 1.165) is 17.7 Å². The maximum absolute atomic E-state index is 12.8. The molecule has 0 unspecified atom stereocenters. The highest BCUT2D eigenvalue weighted by atomic mass is 16.2. The number of amides is 2. The van der Waals surface area contributed by atoms with E-state index in [0.29, 0.717) is 24.3 Å². The van der Waals surface area contributed by atoms with Crippen molar-refractivity contribution in [1.82, 2.24) is 19.8 Å². The topological polar surface area (TPSA) is 104 Å². The van der Waals surface area contributed by atoms with Crippen LogP contribution in [0.25, 0.3) is 11.1 Å². The van der Waals surface area contributed by atoms with Gasteiger partial charge in [-0.3, -0.25) is 14.6 Å². The summed E-state index contributed by atoms with van der Waals surface area (Å²) >= 11 is 0. The van der Waals surface area contributed by atoms with E-state index < -0.39 is 0 Å². The van der Waals surface area contributed by atoms with Gasteiger partial charge in [0, 0.05) is 55.0 Å². The number of anilines is 2. The third-order valence-corrected chi connectivity index (χ3v) is 5.05. The average Bonchev–Trinajstić information content (AvgIpc) is 2.80. The number of rotatable bonds is 8. The fraction of sp³-hybridized carbons (Fsp3) is 0.250. The van der Waals surface area contributed by atoms with Crippen molar-refractivity contribution in [2.24, 2.45) is 0 Å². The van der Waals surface area contributed by atoms with E-state index in [1.165, 1.54) is 0 Å². The molecule has 2 amide bonds. The van der Waals surface area contributed by atoms with Gasteiger partial charge in [0.05, 0.1) is 5.56 Å². The van der Waals surface area contributed by atoms with Crippen LogP contribution in [0.1, 0.15) is 27.6 Å². The predicted octanol–water partition coefficient (Wildman–Crippen LogP) is 3.00. The van der Waals surface area contributed by atoms with E-state index in [2.05, 4.69) is 20.2 Å². The second-order valence-electron chi connectivity index (χ2n) is 7.61. The number of aromatic nitrogens is 2. The van der Waals surface area contributed by atoms with Crippen LogP contribution in [-0.2, 0) is 0 Å². The first-order valence-electron chi connectivity index (χ1n) is 10.4. The molecule has 0 radical (unpaired) electrons. The van der Waals surface area contributed by atoms with Crippen LogP contribution in [0.2, 0.25) is 0 Å². The minimum atomic E-state index is -0.352. The van der Waals surface area contributed by atoms with Crippen LogP contribution in [0, 0.1) is 0 Å². The molecule has 0 bridgehead atoms. The lowest BCUT2D eigenvalue weighted by atomic mass is 10.0. The molecule has 0 spiro atoms. The van der Waals surface area contributed by atoms with Gasteiger partial charge in [0.1, 0.15) is 5.82 Å². The summed E-state index contributed by atoms with van der Waals surface area (Å²) in [6.07, 6.45) is 4.80. The highest BCUT2D eigenvalue weighted by molar-refractivity contribution is 6.07. The van der Waals surface area contributed by atoms with Gasteiger partial charge in [-0.25, -0.2) is 4.98 Å². The van der Waals surface area contributed by atoms with E-state index in [4.69, 9.17) is 5.73 Å². The van der Waals surface area contributed by atoms with Crippen molar-refractivity contribution in [3.8, 4) is 11.1 Å². The molecule has 3 N–H and O–H groups in total. The molecule has 3 aromatic rings. The molecule has 0 atom stereocenters. The smallest absolute Gasteiger partial charge is 0.259 e. The van der Waals surface area contributed by atoms with Gasteiger partial charge in [0.2, 0.25) is 0 Å². The first-order valence-corrected chi connectivity index (χ1v) is 10.4. The summed E-state index contributed by atoms with van der Waals surface area (Å²) in [7, 11) is 3.97. The zero-order valence-corrected chi connectivity index (χ0v) is 18.6. The molecule has 0 aliphatic rings. The van der Waals surface area contributed by atoms with E-state index in [1.54, 1.807) is 48.9 Å². The van der Waals surface area contributed by atoms with E-state index in [9.17, 15) is 9.59 Å². The normalized spacial score (nSPS) is 10.8. The number of likely N-dealkylation sites (N-methyl/N-ethyl adjacent to an activating group) is 2. The molecule has 2 aromatic heterocycles. The van der Waals surface area contributed by atoms with Crippen LogP contribution >= 0.6 is 0 Å². The molecule has 1 aromatic carbocycles. The van der Waals surface area contributed by atoms with E-state index in [-0.39, 0.29) is 23.2 Å². The van der Waals surface area contributed by atoms with E-state index in [1.807, 2.05) is 38.1 Å². The molecular formula is C24H28N6O2. The Hall–Kier alpha value is -3.78. The second kappa shape index (κ2) is 10.5. The lowest BCUT2D eigenvalue weighted by molar-refractivity contribution is 0.0754. The number of nitrogens with one attached hydrogen (secondary N) is 1. The van der Waals surface area contributed by atoms with Crippen molar-refractivity contribution in [3.05, 3.63) is 72.2 Å². The minimum Gasteiger partial charge on any atom is -0.383 e. The van der Waals surface area contributed by atoms with Crippen molar-refractivity contribution in [3.63, 3.8) is 0 Å². The summed E-state index contributed by atoms with van der Waals surface area (Å²) in [5.74, 6) is -0.213. The number of nitrogens with two attached hydrogens (primary N) is 1. The quantitative estimate of drug-likeness (QED) is 0.567. The van der Waals surface area contributed by atoms with Crippen LogP contribution in [0.3, 0.4) is 0 Å². The molecule has 3 rings (SSSR count). The maximum atomic E-state index is 12.8. The molecule has 0 saturated carbocycles. The number of benzene rings is 1. The Morgan fingerprint density at radius 2 is 1.69 bits per heavy atom. The van der Waals surface area contributed by atoms with E-state index >= 15 is 0 Å². The maximum Gasteiger partial charge on any atom is 0.259 e. The average molecular weight is 433 g/mol. The first-order chi connectivity index (χ1) is 15.4. The van der Waals surface area contributed by atoms with Gasteiger partial charge in [0.25, 0.3) is 11.8 Å². The Kier molecular flexibility index (Phi) is 7.51. The number of hydrogen-bond donors (Lipinski definition) is 2. The van der Waals surface area contributed by atoms with Gasteiger partial charge in [-0.15, -0.1) is 0 Å². The van der Waals surface area contributed by atoms with Crippen molar-refractivity contribution >= 4 is 23.3 Å². The molecule has 0 aliphatic carbocycles. The van der Waals surface area contributed by atoms with Crippen LogP contribution < -0.4 is 11.1 Å². The fourth-order valence-corrected chi connectivity index (χ4v) is 3.16. The van der Waals surface area contributed by atoms with Crippen molar-refractivity contribution < 1.29 is 9.59 Å². The number of carbonyl (C=O) groups excluding carboxylic acids is 2. The molecule has 8 nitrogen and oxygen atoms in total. The van der Waals surface area contributed by atoms with Gasteiger partial charge in [-0.05, 0) is 56.9 Å². The Balaban J connectivity index is 1.78. The summed E-state index contributed by atoms with van der Waals surface area (Å²) in [5, 5.41) is 2.79. The minimum absolute atomic E-state index is 0.00579. The molecule has 2 heterocycles. The third-order valence-electron chi connectivity index (χ3n) is 5.05. The summed E-state index contributed by atoms with van der Waals surface area (Å²) in [4.78, 5) is 37.5. The number of hydrogen-bond acceptors (Lipinski definition) is 6.